The number of para-hydroxylation sites is 2. The first-order valence-corrected chi connectivity index (χ1v) is 15.4. The van der Waals surface area contributed by atoms with E-state index in [0.29, 0.717) is 0 Å². The molecule has 6 aromatic carbocycles. The van der Waals surface area contributed by atoms with Crippen LogP contribution in [-0.2, 0) is 10.8 Å². The highest BCUT2D eigenvalue weighted by molar-refractivity contribution is 7.26. The molecule has 0 atom stereocenters. The number of furan rings is 1. The van der Waals surface area contributed by atoms with Crippen molar-refractivity contribution < 1.29 is 4.42 Å². The predicted octanol–water partition coefficient (Wildman–Crippen LogP) is 11.0. The van der Waals surface area contributed by atoms with Gasteiger partial charge in [0.2, 0.25) is 0 Å². The number of hydrogen-bond donors (Lipinski definition) is 0. The number of thiophene rings is 1. The summed E-state index contributed by atoms with van der Waals surface area (Å²) in [6, 6.07) is 49.1. The Morgan fingerprint density at radius 3 is 1.71 bits per heavy atom. The molecule has 8 aromatic rings. The van der Waals surface area contributed by atoms with Gasteiger partial charge in [0, 0.05) is 41.9 Å². The molecule has 9 rings (SSSR count). The van der Waals surface area contributed by atoms with Gasteiger partial charge in [0.25, 0.3) is 0 Å². The lowest BCUT2D eigenvalue weighted by Gasteiger charge is -2.48. The van der Waals surface area contributed by atoms with Crippen molar-refractivity contribution in [2.75, 3.05) is 0 Å². The maximum absolute atomic E-state index is 6.84. The lowest BCUT2D eigenvalue weighted by Crippen LogP contribution is -2.42. The summed E-state index contributed by atoms with van der Waals surface area (Å²) in [5.74, 6) is 0. The molecule has 0 spiro atoms. The molecule has 0 N–H and O–H groups in total. The number of fused-ring (bicyclic) bond motifs is 8. The molecule has 1 aliphatic rings. The summed E-state index contributed by atoms with van der Waals surface area (Å²) in [5, 5.41) is 4.94. The summed E-state index contributed by atoms with van der Waals surface area (Å²) in [5.41, 5.74) is 9.00. The molecule has 2 aromatic heterocycles. The average molecular weight is 557 g/mol. The Morgan fingerprint density at radius 1 is 0.452 bits per heavy atom. The summed E-state index contributed by atoms with van der Waals surface area (Å²) in [7, 11) is 0. The van der Waals surface area contributed by atoms with Crippen LogP contribution < -0.4 is 0 Å². The van der Waals surface area contributed by atoms with Crippen molar-refractivity contribution in [3.05, 3.63) is 167 Å². The molecule has 0 bridgehead atoms. The first kappa shape index (κ1) is 24.0. The number of hydrogen-bond acceptors (Lipinski definition) is 2. The van der Waals surface area contributed by atoms with Crippen molar-refractivity contribution in [3.63, 3.8) is 0 Å². The Labute approximate surface area is 248 Å². The van der Waals surface area contributed by atoms with Crippen molar-refractivity contribution >= 4 is 53.4 Å². The van der Waals surface area contributed by atoms with Gasteiger partial charge in [-0.05, 0) is 39.9 Å². The fraction of sp³-hybridized carbons (Fsp3) is 0.100. The monoisotopic (exact) mass is 556 g/mol. The Morgan fingerprint density at radius 2 is 0.976 bits per heavy atom. The first-order valence-electron chi connectivity index (χ1n) is 14.6. The van der Waals surface area contributed by atoms with E-state index in [0.717, 1.165) is 21.9 Å². The van der Waals surface area contributed by atoms with Gasteiger partial charge in [-0.3, -0.25) is 0 Å². The Hall–Kier alpha value is -4.66. The highest BCUT2D eigenvalue weighted by Crippen LogP contribution is 2.59. The molecule has 0 amide bonds. The van der Waals surface area contributed by atoms with Crippen LogP contribution in [0.4, 0.5) is 0 Å². The minimum Gasteiger partial charge on any atom is -0.456 e. The molecular formula is C40H28OS. The third-order valence-corrected chi connectivity index (χ3v) is 10.8. The predicted molar refractivity (Wildman–Crippen MR) is 177 cm³/mol. The molecule has 2 heterocycles. The highest BCUT2D eigenvalue weighted by atomic mass is 32.1. The van der Waals surface area contributed by atoms with Crippen LogP contribution in [0.15, 0.2) is 138 Å². The zero-order valence-corrected chi connectivity index (χ0v) is 24.3. The molecule has 1 aliphatic carbocycles. The molecule has 2 heteroatoms. The van der Waals surface area contributed by atoms with Crippen molar-refractivity contribution in [1.82, 2.24) is 0 Å². The second-order valence-corrected chi connectivity index (χ2v) is 13.1. The molecule has 1 nitrogen and oxygen atoms in total. The van der Waals surface area contributed by atoms with Gasteiger partial charge in [-0.2, -0.15) is 0 Å². The molecule has 200 valence electrons. The first-order chi connectivity index (χ1) is 20.6. The lowest BCUT2D eigenvalue weighted by molar-refractivity contribution is 0.556. The lowest BCUT2D eigenvalue weighted by atomic mass is 9.54. The van der Waals surface area contributed by atoms with E-state index in [4.69, 9.17) is 4.42 Å². The van der Waals surface area contributed by atoms with E-state index in [2.05, 4.69) is 147 Å². The van der Waals surface area contributed by atoms with Gasteiger partial charge in [0.1, 0.15) is 11.2 Å². The SMILES string of the molecule is CC1(C)c2ccccc2C(c2cccc3c2oc2ccccc23)(c2cccc3c2sc2ccccc23)c2ccccc21. The Bertz CT molecular complexity index is 2180. The van der Waals surface area contributed by atoms with Crippen LogP contribution in [0.25, 0.3) is 42.1 Å². The molecule has 0 saturated carbocycles. The van der Waals surface area contributed by atoms with Crippen LogP contribution in [0.5, 0.6) is 0 Å². The maximum atomic E-state index is 6.84. The minimum atomic E-state index is -0.587. The maximum Gasteiger partial charge on any atom is 0.140 e. The van der Waals surface area contributed by atoms with E-state index in [9.17, 15) is 0 Å². The molecule has 0 aliphatic heterocycles. The number of rotatable bonds is 2. The Kier molecular flexibility index (Phi) is 4.82. The molecule has 0 saturated heterocycles. The van der Waals surface area contributed by atoms with Crippen LogP contribution in [0, 0.1) is 0 Å². The quantitative estimate of drug-likeness (QED) is 0.206. The van der Waals surface area contributed by atoms with Crippen molar-refractivity contribution in [2.24, 2.45) is 0 Å². The normalized spacial score (nSPS) is 15.3. The van der Waals surface area contributed by atoms with Gasteiger partial charge in [-0.1, -0.05) is 135 Å². The van der Waals surface area contributed by atoms with Gasteiger partial charge in [0.05, 0.1) is 5.41 Å². The summed E-state index contributed by atoms with van der Waals surface area (Å²) >= 11 is 1.90. The van der Waals surface area contributed by atoms with Crippen LogP contribution in [0.3, 0.4) is 0 Å². The largest absolute Gasteiger partial charge is 0.456 e. The van der Waals surface area contributed by atoms with E-state index in [1.165, 1.54) is 53.6 Å². The van der Waals surface area contributed by atoms with Gasteiger partial charge in [0.15, 0.2) is 0 Å². The van der Waals surface area contributed by atoms with E-state index in [-0.39, 0.29) is 5.41 Å². The zero-order valence-electron chi connectivity index (χ0n) is 23.5. The summed E-state index contributed by atoms with van der Waals surface area (Å²) in [4.78, 5) is 0. The summed E-state index contributed by atoms with van der Waals surface area (Å²) < 4.78 is 9.48. The standard InChI is InChI=1S/C40H28OS/c1-39(2)29-17-5-7-19-31(29)40(32-20-8-6-18-30(32)39,33-21-11-15-27-25-13-3-9-23-35(25)41-37(27)33)34-22-12-16-28-26-14-4-10-24-36(26)42-38(28)34/h3-24H,1-2H3. The number of benzene rings is 6. The van der Waals surface area contributed by atoms with Gasteiger partial charge in [-0.15, -0.1) is 11.3 Å². The molecule has 0 radical (unpaired) electrons. The van der Waals surface area contributed by atoms with Crippen LogP contribution >= 0.6 is 11.3 Å². The van der Waals surface area contributed by atoms with E-state index in [1.54, 1.807) is 0 Å². The highest BCUT2D eigenvalue weighted by Gasteiger charge is 2.50. The average Bonchev–Trinajstić information content (AvgIpc) is 3.61. The second kappa shape index (κ2) is 8.44. The Balaban J connectivity index is 1.56. The minimum absolute atomic E-state index is 0.160. The van der Waals surface area contributed by atoms with E-state index < -0.39 is 5.41 Å². The van der Waals surface area contributed by atoms with Crippen molar-refractivity contribution in [1.29, 1.82) is 0 Å². The smallest absolute Gasteiger partial charge is 0.140 e. The van der Waals surface area contributed by atoms with E-state index >= 15 is 0 Å². The van der Waals surface area contributed by atoms with Gasteiger partial charge < -0.3 is 4.42 Å². The zero-order chi connectivity index (χ0) is 28.1. The second-order valence-electron chi connectivity index (χ2n) is 12.0. The molecule has 42 heavy (non-hydrogen) atoms. The molecule has 0 unspecified atom stereocenters. The molecule has 0 fully saturated rings. The topological polar surface area (TPSA) is 13.1 Å². The van der Waals surface area contributed by atoms with Gasteiger partial charge in [-0.25, -0.2) is 0 Å². The van der Waals surface area contributed by atoms with Crippen molar-refractivity contribution in [2.45, 2.75) is 24.7 Å². The fourth-order valence-electron chi connectivity index (χ4n) is 7.81. The fourth-order valence-corrected chi connectivity index (χ4v) is 9.08. The van der Waals surface area contributed by atoms with Crippen LogP contribution in [-0.4, -0.2) is 0 Å². The van der Waals surface area contributed by atoms with Crippen LogP contribution in [0.2, 0.25) is 0 Å². The van der Waals surface area contributed by atoms with Crippen molar-refractivity contribution in [3.8, 4) is 0 Å². The van der Waals surface area contributed by atoms with Gasteiger partial charge >= 0.3 is 0 Å². The summed E-state index contributed by atoms with van der Waals surface area (Å²) in [6.45, 7) is 4.74. The third kappa shape index (κ3) is 2.93. The van der Waals surface area contributed by atoms with Crippen LogP contribution in [0.1, 0.15) is 47.2 Å². The summed E-state index contributed by atoms with van der Waals surface area (Å²) in [6.07, 6.45) is 0. The van der Waals surface area contributed by atoms with E-state index in [1.807, 2.05) is 11.3 Å². The molecular weight excluding hydrogens is 529 g/mol. The third-order valence-electron chi connectivity index (χ3n) is 9.63.